The number of benzene rings is 1. The summed E-state index contributed by atoms with van der Waals surface area (Å²) >= 11 is 0. The van der Waals surface area contributed by atoms with Gasteiger partial charge in [0.2, 0.25) is 5.43 Å². The zero-order valence-electron chi connectivity index (χ0n) is 7.01. The van der Waals surface area contributed by atoms with Crippen molar-refractivity contribution in [2.45, 2.75) is 0 Å². The number of hydrogen-bond acceptors (Lipinski definition) is 5. The van der Waals surface area contributed by atoms with Gasteiger partial charge in [0.15, 0.2) is 10.7 Å². The van der Waals surface area contributed by atoms with Crippen LogP contribution in [0.3, 0.4) is 0 Å². The second-order valence-electron chi connectivity index (χ2n) is 2.77. The molecule has 0 heterocycles. The highest BCUT2D eigenvalue weighted by Crippen LogP contribution is 2.01. The number of rotatable bonds is 0. The molecule has 14 heavy (non-hydrogen) atoms. The molecule has 0 saturated carbocycles. The van der Waals surface area contributed by atoms with Gasteiger partial charge in [0, 0.05) is 10.8 Å². The first-order valence-electron chi connectivity index (χ1n) is 3.88. The average molecular weight is 190 g/mol. The van der Waals surface area contributed by atoms with Crippen molar-refractivity contribution in [2.75, 3.05) is 0 Å². The lowest BCUT2D eigenvalue weighted by Crippen LogP contribution is -2.31. The fourth-order valence-corrected chi connectivity index (χ4v) is 1.45. The van der Waals surface area contributed by atoms with Crippen LogP contribution < -0.4 is 16.1 Å². The lowest BCUT2D eigenvalue weighted by molar-refractivity contribution is 0.298. The van der Waals surface area contributed by atoms with Gasteiger partial charge in [-0.3, -0.25) is 4.79 Å². The van der Waals surface area contributed by atoms with Crippen LogP contribution in [-0.4, -0.2) is 10.4 Å². The van der Waals surface area contributed by atoms with Gasteiger partial charge in [-0.1, -0.05) is 34.6 Å². The molecule has 0 unspecified atom stereocenters. The predicted molar refractivity (Wildman–Crippen MR) is 47.3 cm³/mol. The summed E-state index contributed by atoms with van der Waals surface area (Å²) in [7, 11) is 0. The molecular weight excluding hydrogens is 184 g/mol. The molecule has 0 spiro atoms. The molecule has 0 aliphatic rings. The largest absolute Gasteiger partial charge is 0.410 e. The van der Waals surface area contributed by atoms with E-state index in [9.17, 15) is 4.79 Å². The van der Waals surface area contributed by atoms with Gasteiger partial charge in [-0.2, -0.15) is 0 Å². The Morgan fingerprint density at radius 2 is 1.36 bits per heavy atom. The summed E-state index contributed by atoms with van der Waals surface area (Å²) in [6, 6.07) is 6.66. The average Bonchev–Trinajstić information content (AvgIpc) is 2.49. The summed E-state index contributed by atoms with van der Waals surface area (Å²) in [4.78, 5) is 11.4. The van der Waals surface area contributed by atoms with Gasteiger partial charge in [0.05, 0.1) is 0 Å². The van der Waals surface area contributed by atoms with E-state index in [2.05, 4.69) is 10.3 Å². The summed E-state index contributed by atoms with van der Waals surface area (Å²) < 4.78 is 0. The first-order chi connectivity index (χ1) is 6.79. The minimum atomic E-state index is -0.573. The Hall–Kier alpha value is -2.17. The molecule has 2 rings (SSSR count). The molecule has 0 radical (unpaired) electrons. The fourth-order valence-electron chi connectivity index (χ4n) is 1.45. The van der Waals surface area contributed by atoms with Gasteiger partial charge in [0.1, 0.15) is 0 Å². The molecule has 2 N–H and O–H groups in total. The molecule has 0 aromatic heterocycles. The Morgan fingerprint density at radius 1 is 0.929 bits per heavy atom. The van der Waals surface area contributed by atoms with Crippen molar-refractivity contribution in [3.8, 4) is 0 Å². The molecule has 0 amide bonds. The van der Waals surface area contributed by atoms with E-state index in [1.165, 1.54) is 0 Å². The highest BCUT2D eigenvalue weighted by Gasteiger charge is 2.08. The Bertz CT molecular complexity index is 582. The molecule has 2 aromatic rings. The first kappa shape index (κ1) is 8.43. The molecule has 0 saturated heterocycles. The van der Waals surface area contributed by atoms with Gasteiger partial charge >= 0.3 is 0 Å². The maximum Gasteiger partial charge on any atom is 0.237 e. The number of fused-ring (bicyclic) bond motifs is 1. The third-order valence-electron chi connectivity index (χ3n) is 2.07. The van der Waals surface area contributed by atoms with Crippen molar-refractivity contribution in [1.29, 1.82) is 0 Å². The first-order valence-corrected chi connectivity index (χ1v) is 3.88. The molecule has 5 nitrogen and oxygen atoms in total. The van der Waals surface area contributed by atoms with Crippen LogP contribution in [0.4, 0.5) is 0 Å². The number of nitrogens with zero attached hydrogens (tertiary/aromatic N) is 2. The molecule has 0 bridgehead atoms. The molecule has 0 aliphatic carbocycles. The van der Waals surface area contributed by atoms with Crippen LogP contribution in [0, 0.1) is 0 Å². The van der Waals surface area contributed by atoms with Crippen molar-refractivity contribution in [3.63, 3.8) is 0 Å². The molecule has 5 heteroatoms. The number of hydrogen-bond donors (Lipinski definition) is 2. The topological polar surface area (TPSA) is 82.2 Å². The zero-order valence-corrected chi connectivity index (χ0v) is 7.01. The van der Waals surface area contributed by atoms with Crippen molar-refractivity contribution >= 4 is 10.8 Å². The monoisotopic (exact) mass is 190 g/mol. The SMILES string of the molecule is O=c1c(=NO)c2ccccc2c1=NO. The third-order valence-corrected chi connectivity index (χ3v) is 2.07. The van der Waals surface area contributed by atoms with E-state index in [0.29, 0.717) is 10.8 Å². The predicted octanol–water partition coefficient (Wildman–Crippen LogP) is -0.345. The van der Waals surface area contributed by atoms with Gasteiger partial charge in [-0.05, 0) is 0 Å². The van der Waals surface area contributed by atoms with Crippen molar-refractivity contribution in [2.24, 2.45) is 10.3 Å². The molecule has 0 atom stereocenters. The fraction of sp³-hybridized carbons (Fsp3) is 0. The van der Waals surface area contributed by atoms with E-state index >= 15 is 0 Å². The van der Waals surface area contributed by atoms with E-state index in [-0.39, 0.29) is 10.7 Å². The van der Waals surface area contributed by atoms with Crippen LogP contribution in [-0.2, 0) is 0 Å². The Balaban J connectivity index is 3.26. The minimum Gasteiger partial charge on any atom is -0.410 e. The van der Waals surface area contributed by atoms with E-state index in [4.69, 9.17) is 10.4 Å². The summed E-state index contributed by atoms with van der Waals surface area (Å²) in [6.45, 7) is 0. The molecule has 2 aromatic carbocycles. The van der Waals surface area contributed by atoms with Crippen LogP contribution in [0.1, 0.15) is 0 Å². The quantitative estimate of drug-likeness (QED) is 0.440. The van der Waals surface area contributed by atoms with Gasteiger partial charge in [0.25, 0.3) is 0 Å². The van der Waals surface area contributed by atoms with E-state index in [0.717, 1.165) is 0 Å². The Labute approximate surface area is 77.6 Å². The minimum absolute atomic E-state index is 0.0894. The second kappa shape index (κ2) is 2.95. The summed E-state index contributed by atoms with van der Waals surface area (Å²) in [5.41, 5.74) is -0.573. The van der Waals surface area contributed by atoms with Crippen molar-refractivity contribution < 1.29 is 10.4 Å². The Morgan fingerprint density at radius 3 is 1.71 bits per heavy atom. The zero-order chi connectivity index (χ0) is 10.1. The molecule has 0 fully saturated rings. The van der Waals surface area contributed by atoms with Crippen LogP contribution in [0.2, 0.25) is 0 Å². The molecule has 0 aliphatic heterocycles. The van der Waals surface area contributed by atoms with Crippen LogP contribution in [0.25, 0.3) is 10.8 Å². The molecule has 70 valence electrons. The molecular formula is C9H6N2O3. The maximum atomic E-state index is 11.4. The van der Waals surface area contributed by atoms with E-state index in [1.807, 2.05) is 0 Å². The van der Waals surface area contributed by atoms with Gasteiger partial charge < -0.3 is 10.4 Å². The standard InChI is InChI=1S/C9H6N2O3/c12-9-7(10-13)5-3-1-2-4-6(5)8(9)11-14/h1-4,13-14H. The van der Waals surface area contributed by atoms with Crippen LogP contribution >= 0.6 is 0 Å². The maximum absolute atomic E-state index is 11.4. The highest BCUT2D eigenvalue weighted by atomic mass is 16.4. The summed E-state index contributed by atoms with van der Waals surface area (Å²) in [5.74, 6) is 0. The van der Waals surface area contributed by atoms with Gasteiger partial charge in [-0.25, -0.2) is 0 Å². The van der Waals surface area contributed by atoms with E-state index in [1.54, 1.807) is 24.3 Å². The lowest BCUT2D eigenvalue weighted by Gasteiger charge is -1.84. The van der Waals surface area contributed by atoms with Gasteiger partial charge in [-0.15, -0.1) is 0 Å². The van der Waals surface area contributed by atoms with Crippen molar-refractivity contribution in [1.82, 2.24) is 0 Å². The van der Waals surface area contributed by atoms with Crippen LogP contribution in [0.15, 0.2) is 39.4 Å². The Kier molecular flexibility index (Phi) is 1.78. The highest BCUT2D eigenvalue weighted by molar-refractivity contribution is 5.82. The van der Waals surface area contributed by atoms with E-state index < -0.39 is 5.43 Å². The lowest BCUT2D eigenvalue weighted by atomic mass is 10.2. The normalized spacial score (nSPS) is 14.0. The second-order valence-corrected chi connectivity index (χ2v) is 2.77. The van der Waals surface area contributed by atoms with Crippen LogP contribution in [0.5, 0.6) is 0 Å². The third kappa shape index (κ3) is 0.922. The summed E-state index contributed by atoms with van der Waals surface area (Å²) in [5, 5.41) is 23.8. The summed E-state index contributed by atoms with van der Waals surface area (Å²) in [6.07, 6.45) is 0. The van der Waals surface area contributed by atoms with Crippen molar-refractivity contribution in [3.05, 3.63) is 45.2 Å². The smallest absolute Gasteiger partial charge is 0.237 e.